The molecule has 0 unspecified atom stereocenters. The van der Waals surface area contributed by atoms with Gasteiger partial charge in [-0.3, -0.25) is 9.59 Å². The molecule has 2 aromatic rings. The summed E-state index contributed by atoms with van der Waals surface area (Å²) in [6.07, 6.45) is 0.382. The molecule has 0 saturated heterocycles. The monoisotopic (exact) mass is 318 g/mol. The molecule has 2 rings (SSSR count). The van der Waals surface area contributed by atoms with Crippen LogP contribution >= 0.6 is 0 Å². The van der Waals surface area contributed by atoms with Gasteiger partial charge in [-0.2, -0.15) is 0 Å². The second-order valence-electron chi connectivity index (χ2n) is 4.94. The van der Waals surface area contributed by atoms with Gasteiger partial charge in [-0.25, -0.2) is 4.79 Å². The maximum Gasteiger partial charge on any atom is 0.319 e. The quantitative estimate of drug-likeness (QED) is 0.518. The summed E-state index contributed by atoms with van der Waals surface area (Å²) < 4.78 is 0. The average molecular weight is 318 g/mol. The number of carboxylic acids is 1. The molecule has 0 aliphatic rings. The van der Waals surface area contributed by atoms with Crippen LogP contribution < -0.4 is 16.0 Å². The predicted molar refractivity (Wildman–Crippen MR) is 85.6 cm³/mol. The number of nitrogens with one attached hydrogen (secondary N) is 4. The van der Waals surface area contributed by atoms with Gasteiger partial charge in [0, 0.05) is 36.6 Å². The van der Waals surface area contributed by atoms with Crippen LogP contribution in [-0.2, 0) is 4.79 Å². The highest BCUT2D eigenvalue weighted by Gasteiger charge is 2.09. The lowest BCUT2D eigenvalue weighted by atomic mass is 10.2. The van der Waals surface area contributed by atoms with E-state index >= 15 is 0 Å². The summed E-state index contributed by atoms with van der Waals surface area (Å²) in [7, 11) is 1.55. The molecule has 0 aliphatic heterocycles. The smallest absolute Gasteiger partial charge is 0.319 e. The van der Waals surface area contributed by atoms with E-state index in [4.69, 9.17) is 5.11 Å². The number of carbonyl (C=O) groups is 3. The van der Waals surface area contributed by atoms with Crippen LogP contribution in [0.3, 0.4) is 0 Å². The van der Waals surface area contributed by atoms with Gasteiger partial charge in [0.05, 0.1) is 0 Å². The van der Waals surface area contributed by atoms with Gasteiger partial charge in [0.15, 0.2) is 0 Å². The predicted octanol–water partition coefficient (Wildman–Crippen LogP) is 1.51. The van der Waals surface area contributed by atoms with Gasteiger partial charge < -0.3 is 26.0 Å². The number of amides is 3. The Morgan fingerprint density at radius 3 is 2.70 bits per heavy atom. The number of urea groups is 1. The van der Waals surface area contributed by atoms with Crippen molar-refractivity contribution in [3.05, 3.63) is 30.0 Å². The van der Waals surface area contributed by atoms with Gasteiger partial charge in [-0.05, 0) is 30.7 Å². The second kappa shape index (κ2) is 7.30. The number of rotatable bonds is 6. The molecule has 8 heteroatoms. The van der Waals surface area contributed by atoms with Crippen molar-refractivity contribution in [1.82, 2.24) is 15.6 Å². The summed E-state index contributed by atoms with van der Waals surface area (Å²) >= 11 is 0. The number of carbonyl (C=O) groups excluding carboxylic acids is 2. The van der Waals surface area contributed by atoms with Crippen molar-refractivity contribution >= 4 is 34.5 Å². The molecule has 0 spiro atoms. The first-order valence-corrected chi connectivity index (χ1v) is 7.11. The van der Waals surface area contributed by atoms with Crippen LogP contribution in [0.2, 0.25) is 0 Å². The highest BCUT2D eigenvalue weighted by Crippen LogP contribution is 2.20. The van der Waals surface area contributed by atoms with Gasteiger partial charge in [-0.15, -0.1) is 0 Å². The molecule has 3 amide bonds. The Bertz CT molecular complexity index is 738. The van der Waals surface area contributed by atoms with E-state index in [1.54, 1.807) is 31.3 Å². The molecule has 0 atom stereocenters. The first kappa shape index (κ1) is 16.3. The SMILES string of the molecule is CNC(=O)c1cc2cc(NC(=O)NCCCC(=O)O)ccc2[nH]1. The van der Waals surface area contributed by atoms with Crippen molar-refractivity contribution in [2.45, 2.75) is 12.8 Å². The second-order valence-corrected chi connectivity index (χ2v) is 4.94. The van der Waals surface area contributed by atoms with Gasteiger partial charge in [0.2, 0.25) is 0 Å². The Morgan fingerprint density at radius 2 is 2.00 bits per heavy atom. The molecule has 1 aromatic carbocycles. The lowest BCUT2D eigenvalue weighted by Gasteiger charge is -2.07. The van der Waals surface area contributed by atoms with Crippen molar-refractivity contribution in [3.8, 4) is 0 Å². The van der Waals surface area contributed by atoms with Gasteiger partial charge in [-0.1, -0.05) is 0 Å². The molecule has 1 heterocycles. The summed E-state index contributed by atoms with van der Waals surface area (Å²) in [5, 5.41) is 17.1. The van der Waals surface area contributed by atoms with E-state index < -0.39 is 12.0 Å². The molecule has 5 N–H and O–H groups in total. The molecule has 23 heavy (non-hydrogen) atoms. The van der Waals surface area contributed by atoms with Crippen LogP contribution in [0.15, 0.2) is 24.3 Å². The summed E-state index contributed by atoms with van der Waals surface area (Å²) in [5.74, 6) is -1.11. The first-order valence-electron chi connectivity index (χ1n) is 7.11. The van der Waals surface area contributed by atoms with Crippen molar-refractivity contribution < 1.29 is 19.5 Å². The third kappa shape index (κ3) is 4.47. The number of benzene rings is 1. The first-order chi connectivity index (χ1) is 11.0. The van der Waals surface area contributed by atoms with Crippen LogP contribution in [0.1, 0.15) is 23.3 Å². The third-order valence-corrected chi connectivity index (χ3v) is 3.20. The summed E-state index contributed by atoms with van der Waals surface area (Å²) in [5.41, 5.74) is 1.81. The molecule has 122 valence electrons. The standard InChI is InChI=1S/C15H18N4O4/c1-16-14(22)12-8-9-7-10(4-5-11(9)19-12)18-15(23)17-6-2-3-13(20)21/h4-5,7-8,19H,2-3,6H2,1H3,(H,16,22)(H,20,21)(H2,17,18,23). The number of hydrogen-bond acceptors (Lipinski definition) is 3. The fourth-order valence-electron chi connectivity index (χ4n) is 2.08. The van der Waals surface area contributed by atoms with E-state index in [-0.39, 0.29) is 18.9 Å². The molecular weight excluding hydrogens is 300 g/mol. The number of aromatic amines is 1. The Labute approximate surface area is 132 Å². The minimum absolute atomic E-state index is 0.0118. The zero-order valence-corrected chi connectivity index (χ0v) is 12.6. The molecular formula is C15H18N4O4. The van der Waals surface area contributed by atoms with E-state index in [9.17, 15) is 14.4 Å². The number of anilines is 1. The lowest BCUT2D eigenvalue weighted by molar-refractivity contribution is -0.137. The minimum atomic E-state index is -0.892. The number of aliphatic carboxylic acids is 1. The lowest BCUT2D eigenvalue weighted by Crippen LogP contribution is -2.29. The molecule has 8 nitrogen and oxygen atoms in total. The highest BCUT2D eigenvalue weighted by molar-refractivity contribution is 5.99. The van der Waals surface area contributed by atoms with Gasteiger partial charge >= 0.3 is 12.0 Å². The Kier molecular flexibility index (Phi) is 5.19. The normalized spacial score (nSPS) is 10.3. The van der Waals surface area contributed by atoms with Crippen LogP contribution in [0.5, 0.6) is 0 Å². The van der Waals surface area contributed by atoms with Crippen LogP contribution in [0.4, 0.5) is 10.5 Å². The third-order valence-electron chi connectivity index (χ3n) is 3.20. The van der Waals surface area contributed by atoms with Crippen molar-refractivity contribution in [3.63, 3.8) is 0 Å². The topological polar surface area (TPSA) is 123 Å². The Morgan fingerprint density at radius 1 is 1.22 bits per heavy atom. The molecule has 0 aliphatic carbocycles. The summed E-state index contributed by atoms with van der Waals surface area (Å²) in [6.45, 7) is 0.283. The number of H-pyrrole nitrogens is 1. The van der Waals surface area contributed by atoms with E-state index in [2.05, 4.69) is 20.9 Å². The number of aromatic nitrogens is 1. The van der Waals surface area contributed by atoms with Crippen LogP contribution in [0.25, 0.3) is 10.9 Å². The summed E-state index contributed by atoms with van der Waals surface area (Å²) in [6, 6.07) is 6.52. The maximum absolute atomic E-state index is 11.7. The number of hydrogen-bond donors (Lipinski definition) is 5. The average Bonchev–Trinajstić information content (AvgIpc) is 2.93. The number of fused-ring (bicyclic) bond motifs is 1. The Balaban J connectivity index is 1.96. The molecule has 0 fully saturated rings. The number of carboxylic acid groups (broad SMARTS) is 1. The fraction of sp³-hybridized carbons (Fsp3) is 0.267. The van der Waals surface area contributed by atoms with Gasteiger partial charge in [0.1, 0.15) is 5.69 Å². The van der Waals surface area contributed by atoms with E-state index in [0.29, 0.717) is 17.8 Å². The van der Waals surface area contributed by atoms with Gasteiger partial charge in [0.25, 0.3) is 5.91 Å². The van der Waals surface area contributed by atoms with Crippen molar-refractivity contribution in [2.75, 3.05) is 18.9 Å². The highest BCUT2D eigenvalue weighted by atomic mass is 16.4. The largest absolute Gasteiger partial charge is 0.481 e. The zero-order valence-electron chi connectivity index (χ0n) is 12.6. The fourth-order valence-corrected chi connectivity index (χ4v) is 2.08. The van der Waals surface area contributed by atoms with Crippen LogP contribution in [-0.4, -0.2) is 41.6 Å². The van der Waals surface area contributed by atoms with E-state index in [1.807, 2.05) is 0 Å². The maximum atomic E-state index is 11.7. The van der Waals surface area contributed by atoms with E-state index in [0.717, 1.165) is 10.9 Å². The van der Waals surface area contributed by atoms with E-state index in [1.165, 1.54) is 0 Å². The zero-order chi connectivity index (χ0) is 16.8. The Hall–Kier alpha value is -3.03. The summed E-state index contributed by atoms with van der Waals surface area (Å²) in [4.78, 5) is 36.6. The minimum Gasteiger partial charge on any atom is -0.481 e. The molecule has 0 bridgehead atoms. The molecule has 0 radical (unpaired) electrons. The molecule has 1 aromatic heterocycles. The molecule has 0 saturated carbocycles. The van der Waals surface area contributed by atoms with Crippen molar-refractivity contribution in [1.29, 1.82) is 0 Å². The van der Waals surface area contributed by atoms with Crippen LogP contribution in [0, 0.1) is 0 Å². The van der Waals surface area contributed by atoms with Crippen molar-refractivity contribution in [2.24, 2.45) is 0 Å².